The van der Waals surface area contributed by atoms with Crippen LogP contribution in [0.2, 0.25) is 0 Å². The lowest BCUT2D eigenvalue weighted by Crippen LogP contribution is -2.36. The lowest BCUT2D eigenvalue weighted by Gasteiger charge is -2.32. The van der Waals surface area contributed by atoms with Gasteiger partial charge in [-0.2, -0.15) is 0 Å². The molecule has 4 rings (SSSR count). The Morgan fingerprint density at radius 1 is 1.26 bits per heavy atom. The normalized spacial score (nSPS) is 15.2. The summed E-state index contributed by atoms with van der Waals surface area (Å²) in [5, 5.41) is 5.82. The molecule has 3 aromatic rings. The first-order valence-corrected chi connectivity index (χ1v) is 10.5. The van der Waals surface area contributed by atoms with Gasteiger partial charge in [-0.05, 0) is 18.4 Å². The maximum atomic E-state index is 13.7. The predicted molar refractivity (Wildman–Crippen MR) is 111 cm³/mol. The van der Waals surface area contributed by atoms with Gasteiger partial charge in [0.05, 0.1) is 11.3 Å². The molecule has 0 amide bonds. The maximum Gasteiger partial charge on any atom is 0.265 e. The van der Waals surface area contributed by atoms with Crippen LogP contribution in [0.5, 0.6) is 0 Å². The number of thioether (sulfide) groups is 1. The molecule has 142 valence electrons. The van der Waals surface area contributed by atoms with Crippen LogP contribution >= 0.6 is 11.8 Å². The van der Waals surface area contributed by atoms with Crippen molar-refractivity contribution in [3.05, 3.63) is 45.7 Å². The first-order chi connectivity index (χ1) is 12.8. The summed E-state index contributed by atoms with van der Waals surface area (Å²) in [6, 6.07) is 8.31. The number of aromatic nitrogens is 4. The van der Waals surface area contributed by atoms with Gasteiger partial charge in [-0.15, -0.1) is 5.10 Å². The van der Waals surface area contributed by atoms with Crippen LogP contribution in [0.4, 0.5) is 0 Å². The summed E-state index contributed by atoms with van der Waals surface area (Å²) in [6.07, 6.45) is 1.78. The van der Waals surface area contributed by atoms with Crippen LogP contribution in [0.25, 0.3) is 17.0 Å². The third-order valence-corrected chi connectivity index (χ3v) is 6.00. The Kier molecular flexibility index (Phi) is 4.41. The van der Waals surface area contributed by atoms with E-state index in [0.717, 1.165) is 41.4 Å². The van der Waals surface area contributed by atoms with Gasteiger partial charge in [-0.25, -0.2) is 14.1 Å². The van der Waals surface area contributed by atoms with E-state index in [0.29, 0.717) is 11.0 Å². The van der Waals surface area contributed by atoms with Crippen molar-refractivity contribution in [3.63, 3.8) is 0 Å². The molecule has 0 radical (unpaired) electrons. The van der Waals surface area contributed by atoms with Crippen LogP contribution in [0.3, 0.4) is 0 Å². The van der Waals surface area contributed by atoms with E-state index in [2.05, 4.69) is 52.8 Å². The van der Waals surface area contributed by atoms with Gasteiger partial charge >= 0.3 is 0 Å². The number of hydrogen-bond donors (Lipinski definition) is 0. The van der Waals surface area contributed by atoms with Crippen molar-refractivity contribution in [2.45, 2.75) is 69.8 Å². The van der Waals surface area contributed by atoms with E-state index in [1.54, 1.807) is 16.2 Å². The number of rotatable bonds is 4. The molecule has 5 nitrogen and oxygen atoms in total. The Hall–Kier alpha value is -2.08. The maximum absolute atomic E-state index is 13.7. The number of aryl methyl sites for hydroxylation is 1. The molecule has 2 aromatic heterocycles. The molecule has 0 fully saturated rings. The van der Waals surface area contributed by atoms with Crippen LogP contribution < -0.4 is 5.56 Å². The summed E-state index contributed by atoms with van der Waals surface area (Å²) in [7, 11) is 0. The molecule has 0 saturated carbocycles. The van der Waals surface area contributed by atoms with Gasteiger partial charge in [0.25, 0.3) is 5.56 Å². The van der Waals surface area contributed by atoms with Gasteiger partial charge in [0.2, 0.25) is 5.78 Å². The smallest absolute Gasteiger partial charge is 0.265 e. The van der Waals surface area contributed by atoms with Crippen molar-refractivity contribution in [1.29, 1.82) is 0 Å². The predicted octanol–water partition coefficient (Wildman–Crippen LogP) is 4.30. The molecule has 6 heteroatoms. The van der Waals surface area contributed by atoms with Crippen molar-refractivity contribution >= 4 is 17.5 Å². The minimum atomic E-state index is -0.262. The number of benzene rings is 1. The molecular weight excluding hydrogens is 356 g/mol. The molecule has 1 aromatic carbocycles. The van der Waals surface area contributed by atoms with Crippen molar-refractivity contribution < 1.29 is 0 Å². The molecule has 0 spiro atoms. The highest BCUT2D eigenvalue weighted by Crippen LogP contribution is 2.40. The van der Waals surface area contributed by atoms with Crippen LogP contribution in [0.1, 0.15) is 52.2 Å². The topological polar surface area (TPSA) is 52.2 Å². The third-order valence-electron chi connectivity index (χ3n) is 5.05. The minimum Gasteiger partial charge on any atom is -0.268 e. The molecule has 0 atom stereocenters. The average molecular weight is 383 g/mol. The summed E-state index contributed by atoms with van der Waals surface area (Å²) in [5.74, 6) is 0.649. The second kappa shape index (κ2) is 6.51. The van der Waals surface area contributed by atoms with Gasteiger partial charge in [0.1, 0.15) is 0 Å². The molecule has 0 aliphatic heterocycles. The van der Waals surface area contributed by atoms with Crippen LogP contribution in [0.15, 0.2) is 34.2 Å². The third kappa shape index (κ3) is 2.90. The first-order valence-electron chi connectivity index (χ1n) is 9.62. The van der Waals surface area contributed by atoms with Crippen molar-refractivity contribution in [2.75, 3.05) is 0 Å². The summed E-state index contributed by atoms with van der Waals surface area (Å²) < 4.78 is 3.62. The summed E-state index contributed by atoms with van der Waals surface area (Å²) in [6.45, 7) is 11.4. The highest BCUT2D eigenvalue weighted by molar-refractivity contribution is 7.99. The molecule has 0 unspecified atom stereocenters. The van der Waals surface area contributed by atoms with Crippen molar-refractivity contribution in [3.8, 4) is 11.3 Å². The molecular formula is C21H26N4OS. The van der Waals surface area contributed by atoms with Crippen LogP contribution in [0, 0.1) is 0 Å². The Labute approximate surface area is 163 Å². The van der Waals surface area contributed by atoms with Crippen LogP contribution in [-0.4, -0.2) is 24.4 Å². The van der Waals surface area contributed by atoms with Crippen molar-refractivity contribution in [1.82, 2.24) is 19.2 Å². The molecule has 27 heavy (non-hydrogen) atoms. The lowest BCUT2D eigenvalue weighted by molar-refractivity contribution is 0.505. The zero-order valence-electron chi connectivity index (χ0n) is 16.6. The van der Waals surface area contributed by atoms with E-state index < -0.39 is 0 Å². The Morgan fingerprint density at radius 2 is 2.00 bits per heavy atom. The fraction of sp³-hybridized carbons (Fsp3) is 0.476. The summed E-state index contributed by atoms with van der Waals surface area (Å²) >= 11 is 1.62. The lowest BCUT2D eigenvalue weighted by atomic mass is 9.72. The zero-order chi connectivity index (χ0) is 19.3. The fourth-order valence-electron chi connectivity index (χ4n) is 3.97. The minimum absolute atomic E-state index is 0.0278. The van der Waals surface area contributed by atoms with Gasteiger partial charge < -0.3 is 0 Å². The quantitative estimate of drug-likeness (QED) is 0.631. The van der Waals surface area contributed by atoms with Gasteiger partial charge in [-0.3, -0.25) is 4.79 Å². The Balaban J connectivity index is 2.10. The highest BCUT2D eigenvalue weighted by Gasteiger charge is 2.36. The van der Waals surface area contributed by atoms with Crippen molar-refractivity contribution in [2.24, 2.45) is 0 Å². The molecule has 0 saturated heterocycles. The second-order valence-electron chi connectivity index (χ2n) is 8.17. The SMILES string of the molecule is CCCn1nc(SC(C)C)n2c(=O)c3c(nc12)-c1ccccc1CC3(C)C. The number of fused-ring (bicyclic) bond motifs is 4. The van der Waals surface area contributed by atoms with Crippen LogP contribution in [-0.2, 0) is 18.4 Å². The van der Waals surface area contributed by atoms with E-state index in [1.807, 2.05) is 10.7 Å². The van der Waals surface area contributed by atoms with Gasteiger partial charge in [0, 0.05) is 22.8 Å². The van der Waals surface area contributed by atoms with E-state index in [4.69, 9.17) is 10.1 Å². The monoisotopic (exact) mass is 382 g/mol. The Morgan fingerprint density at radius 3 is 2.70 bits per heavy atom. The molecule has 1 aliphatic rings. The highest BCUT2D eigenvalue weighted by atomic mass is 32.2. The number of nitrogens with zero attached hydrogens (tertiary/aromatic N) is 4. The standard InChI is InChI=1S/C21H26N4OS/c1-6-11-24-19-22-17-15-10-8-7-9-14(15)12-21(4,5)16(17)18(26)25(19)20(23-24)27-13(2)3/h7-10,13H,6,11-12H2,1-5H3. The molecule has 0 bridgehead atoms. The first kappa shape index (κ1) is 18.3. The summed E-state index contributed by atoms with van der Waals surface area (Å²) in [4.78, 5) is 18.7. The van der Waals surface area contributed by atoms with Gasteiger partial charge in [-0.1, -0.05) is 70.6 Å². The van der Waals surface area contributed by atoms with E-state index in [9.17, 15) is 4.79 Å². The van der Waals surface area contributed by atoms with Gasteiger partial charge in [0.15, 0.2) is 5.16 Å². The molecule has 2 heterocycles. The summed E-state index contributed by atoms with van der Waals surface area (Å²) in [5.41, 5.74) is 3.73. The molecule has 0 N–H and O–H groups in total. The van der Waals surface area contributed by atoms with E-state index >= 15 is 0 Å². The number of hydrogen-bond acceptors (Lipinski definition) is 4. The Bertz CT molecular complexity index is 1080. The molecule has 1 aliphatic carbocycles. The zero-order valence-corrected chi connectivity index (χ0v) is 17.4. The average Bonchev–Trinajstić information content (AvgIpc) is 2.91. The van der Waals surface area contributed by atoms with E-state index in [-0.39, 0.29) is 11.0 Å². The second-order valence-corrected chi connectivity index (χ2v) is 9.71. The van der Waals surface area contributed by atoms with E-state index in [1.165, 1.54) is 5.56 Å². The largest absolute Gasteiger partial charge is 0.268 e. The fourth-order valence-corrected chi connectivity index (χ4v) is 4.81.